The van der Waals surface area contributed by atoms with Crippen LogP contribution >= 0.6 is 0 Å². The molecule has 0 spiro atoms. The molecule has 1 saturated heterocycles. The van der Waals surface area contributed by atoms with Gasteiger partial charge in [0.05, 0.1) is 13.2 Å². The fourth-order valence-electron chi connectivity index (χ4n) is 2.77. The number of benzene rings is 1. The molecule has 0 atom stereocenters. The van der Waals surface area contributed by atoms with E-state index >= 15 is 0 Å². The number of morpholine rings is 1. The molecule has 0 bridgehead atoms. The summed E-state index contributed by atoms with van der Waals surface area (Å²) in [6.45, 7) is 3.82. The minimum absolute atomic E-state index is 0.0672. The van der Waals surface area contributed by atoms with E-state index < -0.39 is 0 Å². The van der Waals surface area contributed by atoms with Gasteiger partial charge in [0.2, 0.25) is 0 Å². The van der Waals surface area contributed by atoms with Crippen molar-refractivity contribution >= 4 is 11.6 Å². The lowest BCUT2D eigenvalue weighted by molar-refractivity contribution is 0.0779. The average Bonchev–Trinajstić information content (AvgIpc) is 2.63. The van der Waals surface area contributed by atoms with Crippen molar-refractivity contribution in [2.24, 2.45) is 0 Å². The Balaban J connectivity index is 1.76. The molecule has 1 fully saturated rings. The van der Waals surface area contributed by atoms with Gasteiger partial charge in [-0.2, -0.15) is 0 Å². The molecule has 23 heavy (non-hydrogen) atoms. The number of nitrogens with zero attached hydrogens (tertiary/aromatic N) is 3. The van der Waals surface area contributed by atoms with Gasteiger partial charge < -0.3 is 14.5 Å². The van der Waals surface area contributed by atoms with Crippen molar-refractivity contribution in [2.75, 3.05) is 38.3 Å². The molecular weight excluding hydrogens is 290 g/mol. The summed E-state index contributed by atoms with van der Waals surface area (Å²) >= 11 is 0. The van der Waals surface area contributed by atoms with Crippen molar-refractivity contribution in [3.05, 3.63) is 59.9 Å². The van der Waals surface area contributed by atoms with E-state index in [-0.39, 0.29) is 5.91 Å². The number of anilines is 1. The Hall–Kier alpha value is -2.40. The van der Waals surface area contributed by atoms with Gasteiger partial charge >= 0.3 is 0 Å². The maximum atomic E-state index is 12.5. The van der Waals surface area contributed by atoms with Gasteiger partial charge in [0, 0.05) is 38.6 Å². The SMILES string of the molecule is CN(Cc1ccccc1N1CCOCC1)C(=O)c1ccccn1. The summed E-state index contributed by atoms with van der Waals surface area (Å²) in [4.78, 5) is 20.6. The lowest BCUT2D eigenvalue weighted by Gasteiger charge is -2.31. The molecule has 0 saturated carbocycles. The van der Waals surface area contributed by atoms with E-state index in [1.54, 1.807) is 17.2 Å². The molecule has 5 heteroatoms. The van der Waals surface area contributed by atoms with Gasteiger partial charge in [0.1, 0.15) is 5.69 Å². The molecule has 3 rings (SSSR count). The van der Waals surface area contributed by atoms with Crippen LogP contribution in [0.1, 0.15) is 16.1 Å². The Morgan fingerprint density at radius 3 is 2.65 bits per heavy atom. The zero-order chi connectivity index (χ0) is 16.1. The van der Waals surface area contributed by atoms with Crippen LogP contribution in [0.5, 0.6) is 0 Å². The summed E-state index contributed by atoms with van der Waals surface area (Å²) in [5.74, 6) is -0.0672. The van der Waals surface area contributed by atoms with Crippen LogP contribution in [0.4, 0.5) is 5.69 Å². The molecule has 2 aromatic rings. The fourth-order valence-corrected chi connectivity index (χ4v) is 2.77. The molecule has 1 aliphatic rings. The molecule has 0 aliphatic carbocycles. The predicted octanol–water partition coefficient (Wildman–Crippen LogP) is 2.19. The Morgan fingerprint density at radius 1 is 1.17 bits per heavy atom. The third kappa shape index (κ3) is 3.68. The molecule has 5 nitrogen and oxygen atoms in total. The van der Waals surface area contributed by atoms with Crippen LogP contribution in [0, 0.1) is 0 Å². The second-order valence-electron chi connectivity index (χ2n) is 5.60. The largest absolute Gasteiger partial charge is 0.378 e. The minimum Gasteiger partial charge on any atom is -0.378 e. The Kier molecular flexibility index (Phi) is 4.88. The summed E-state index contributed by atoms with van der Waals surface area (Å²) in [5.41, 5.74) is 2.79. The highest BCUT2D eigenvalue weighted by molar-refractivity contribution is 5.92. The van der Waals surface area contributed by atoms with Crippen LogP contribution in [0.3, 0.4) is 0 Å². The molecule has 0 unspecified atom stereocenters. The van der Waals surface area contributed by atoms with Crippen LogP contribution in [0.2, 0.25) is 0 Å². The van der Waals surface area contributed by atoms with E-state index in [1.165, 1.54) is 5.69 Å². The molecule has 1 aromatic heterocycles. The van der Waals surface area contributed by atoms with Crippen molar-refractivity contribution in [1.29, 1.82) is 0 Å². The predicted molar refractivity (Wildman–Crippen MR) is 89.5 cm³/mol. The first kappa shape index (κ1) is 15.5. The average molecular weight is 311 g/mol. The monoisotopic (exact) mass is 311 g/mol. The molecule has 1 aliphatic heterocycles. The first-order valence-electron chi connectivity index (χ1n) is 7.83. The second kappa shape index (κ2) is 7.24. The van der Waals surface area contributed by atoms with Gasteiger partial charge in [-0.05, 0) is 23.8 Å². The zero-order valence-corrected chi connectivity index (χ0v) is 13.3. The number of hydrogen-bond acceptors (Lipinski definition) is 4. The number of pyridine rings is 1. The summed E-state index contributed by atoms with van der Waals surface area (Å²) in [6.07, 6.45) is 1.64. The van der Waals surface area contributed by atoms with E-state index in [9.17, 15) is 4.79 Å². The molecule has 2 heterocycles. The van der Waals surface area contributed by atoms with Crippen molar-refractivity contribution in [3.63, 3.8) is 0 Å². The number of carbonyl (C=O) groups is 1. The van der Waals surface area contributed by atoms with Gasteiger partial charge in [-0.15, -0.1) is 0 Å². The third-order valence-electron chi connectivity index (χ3n) is 3.98. The Morgan fingerprint density at radius 2 is 1.91 bits per heavy atom. The first-order valence-corrected chi connectivity index (χ1v) is 7.83. The smallest absolute Gasteiger partial charge is 0.272 e. The molecule has 1 aromatic carbocycles. The molecule has 120 valence electrons. The Labute approximate surface area is 136 Å². The van der Waals surface area contributed by atoms with Gasteiger partial charge in [0.25, 0.3) is 5.91 Å². The first-order chi connectivity index (χ1) is 11.3. The zero-order valence-electron chi connectivity index (χ0n) is 13.3. The lowest BCUT2D eigenvalue weighted by atomic mass is 10.1. The number of rotatable bonds is 4. The highest BCUT2D eigenvalue weighted by Crippen LogP contribution is 2.23. The normalized spacial score (nSPS) is 14.6. The summed E-state index contributed by atoms with van der Waals surface area (Å²) in [7, 11) is 1.81. The van der Waals surface area contributed by atoms with Crippen molar-refractivity contribution in [1.82, 2.24) is 9.88 Å². The number of carbonyl (C=O) groups excluding carboxylic acids is 1. The van der Waals surface area contributed by atoms with E-state index in [0.717, 1.165) is 31.9 Å². The summed E-state index contributed by atoms with van der Waals surface area (Å²) < 4.78 is 5.42. The van der Waals surface area contributed by atoms with Gasteiger partial charge in [-0.25, -0.2) is 0 Å². The van der Waals surface area contributed by atoms with Gasteiger partial charge in [-0.1, -0.05) is 24.3 Å². The number of para-hydroxylation sites is 1. The van der Waals surface area contributed by atoms with Gasteiger partial charge in [-0.3, -0.25) is 9.78 Å². The number of hydrogen-bond donors (Lipinski definition) is 0. The summed E-state index contributed by atoms with van der Waals surface area (Å²) in [6, 6.07) is 13.6. The molecular formula is C18H21N3O2. The van der Waals surface area contributed by atoms with Crippen LogP contribution in [-0.4, -0.2) is 49.1 Å². The topological polar surface area (TPSA) is 45.7 Å². The van der Waals surface area contributed by atoms with E-state index in [4.69, 9.17) is 4.74 Å². The van der Waals surface area contributed by atoms with Crippen molar-refractivity contribution in [2.45, 2.75) is 6.54 Å². The van der Waals surface area contributed by atoms with E-state index in [1.807, 2.05) is 31.3 Å². The maximum absolute atomic E-state index is 12.5. The molecule has 0 N–H and O–H groups in total. The van der Waals surface area contributed by atoms with Crippen molar-refractivity contribution in [3.8, 4) is 0 Å². The Bertz CT molecular complexity index is 654. The van der Waals surface area contributed by atoms with Gasteiger partial charge in [0.15, 0.2) is 0 Å². The summed E-state index contributed by atoms with van der Waals surface area (Å²) in [5, 5.41) is 0. The van der Waals surface area contributed by atoms with E-state index in [0.29, 0.717) is 12.2 Å². The lowest BCUT2D eigenvalue weighted by Crippen LogP contribution is -2.37. The fraction of sp³-hybridized carbons (Fsp3) is 0.333. The number of amides is 1. The minimum atomic E-state index is -0.0672. The number of ether oxygens (including phenoxy) is 1. The highest BCUT2D eigenvalue weighted by Gasteiger charge is 2.18. The van der Waals surface area contributed by atoms with Crippen LogP contribution in [0.15, 0.2) is 48.7 Å². The maximum Gasteiger partial charge on any atom is 0.272 e. The molecule has 1 amide bonds. The van der Waals surface area contributed by atoms with Crippen LogP contribution in [-0.2, 0) is 11.3 Å². The third-order valence-corrected chi connectivity index (χ3v) is 3.98. The number of aromatic nitrogens is 1. The molecule has 0 radical (unpaired) electrons. The highest BCUT2D eigenvalue weighted by atomic mass is 16.5. The standard InChI is InChI=1S/C18H21N3O2/c1-20(18(22)16-7-4-5-9-19-16)14-15-6-2-3-8-17(15)21-10-12-23-13-11-21/h2-9H,10-14H2,1H3. The van der Waals surface area contributed by atoms with Crippen molar-refractivity contribution < 1.29 is 9.53 Å². The second-order valence-corrected chi connectivity index (χ2v) is 5.60. The van der Waals surface area contributed by atoms with E-state index in [2.05, 4.69) is 22.0 Å². The quantitative estimate of drug-likeness (QED) is 0.868. The van der Waals surface area contributed by atoms with Crippen LogP contribution < -0.4 is 4.90 Å². The van der Waals surface area contributed by atoms with Crippen LogP contribution in [0.25, 0.3) is 0 Å².